The van der Waals surface area contributed by atoms with Crippen LogP contribution < -0.4 is 5.90 Å². The second-order valence-corrected chi connectivity index (χ2v) is 3.60. The Bertz CT molecular complexity index is 519. The van der Waals surface area contributed by atoms with Gasteiger partial charge in [0.15, 0.2) is 0 Å². The molecule has 17 heavy (non-hydrogen) atoms. The van der Waals surface area contributed by atoms with E-state index in [4.69, 9.17) is 10.3 Å². The third-order valence-corrected chi connectivity index (χ3v) is 2.37. The van der Waals surface area contributed by atoms with Crippen LogP contribution in [0.4, 0.5) is 13.2 Å². The molecule has 0 amide bonds. The van der Waals surface area contributed by atoms with Crippen molar-refractivity contribution in [2.75, 3.05) is 6.61 Å². The highest BCUT2D eigenvalue weighted by Crippen LogP contribution is 2.33. The normalized spacial score (nSPS) is 12.2. The third kappa shape index (κ3) is 2.59. The van der Waals surface area contributed by atoms with Crippen molar-refractivity contribution >= 4 is 11.0 Å². The van der Waals surface area contributed by atoms with Crippen LogP contribution in [0.1, 0.15) is 11.3 Å². The van der Waals surface area contributed by atoms with Crippen molar-refractivity contribution in [3.05, 3.63) is 35.6 Å². The number of alkyl halides is 3. The minimum absolute atomic E-state index is 0.217. The fourth-order valence-electron chi connectivity index (χ4n) is 1.56. The molecule has 0 aliphatic rings. The van der Waals surface area contributed by atoms with E-state index in [0.717, 1.165) is 11.6 Å². The summed E-state index contributed by atoms with van der Waals surface area (Å²) in [6.45, 7) is 0.315. The van der Waals surface area contributed by atoms with Gasteiger partial charge in [-0.15, -0.1) is 0 Å². The number of nitrogens with two attached hydrogens (primary N) is 1. The lowest BCUT2D eigenvalue weighted by Gasteiger charge is -1.99. The van der Waals surface area contributed by atoms with Gasteiger partial charge in [-0.3, -0.25) is 0 Å². The van der Waals surface area contributed by atoms with Crippen LogP contribution in [0.15, 0.2) is 28.7 Å². The predicted molar refractivity (Wildman–Crippen MR) is 55.1 cm³/mol. The zero-order valence-corrected chi connectivity index (χ0v) is 8.75. The molecule has 0 spiro atoms. The van der Waals surface area contributed by atoms with E-state index >= 15 is 0 Å². The number of halogens is 3. The van der Waals surface area contributed by atoms with Crippen LogP contribution in [-0.2, 0) is 17.4 Å². The first-order valence-corrected chi connectivity index (χ1v) is 4.92. The third-order valence-electron chi connectivity index (χ3n) is 2.37. The topological polar surface area (TPSA) is 48.4 Å². The van der Waals surface area contributed by atoms with E-state index in [1.54, 1.807) is 12.1 Å². The monoisotopic (exact) mass is 245 g/mol. The van der Waals surface area contributed by atoms with Gasteiger partial charge in [-0.05, 0) is 30.2 Å². The van der Waals surface area contributed by atoms with Gasteiger partial charge in [-0.1, -0.05) is 6.07 Å². The number of hydrogen-bond donors (Lipinski definition) is 1. The summed E-state index contributed by atoms with van der Waals surface area (Å²) in [5.41, 5.74) is 1.06. The van der Waals surface area contributed by atoms with Gasteiger partial charge in [0.25, 0.3) is 0 Å². The van der Waals surface area contributed by atoms with E-state index in [1.165, 1.54) is 6.07 Å². The first-order chi connectivity index (χ1) is 8.00. The number of furan rings is 1. The lowest BCUT2D eigenvalue weighted by Crippen LogP contribution is -2.03. The number of rotatable bonds is 3. The molecule has 0 radical (unpaired) electrons. The Morgan fingerprint density at radius 1 is 1.24 bits per heavy atom. The fourth-order valence-corrected chi connectivity index (χ4v) is 1.56. The Hall–Kier alpha value is -1.53. The summed E-state index contributed by atoms with van der Waals surface area (Å²) in [5, 5.41) is 0.423. The Morgan fingerprint density at radius 3 is 2.65 bits per heavy atom. The molecule has 92 valence electrons. The lowest BCUT2D eigenvalue weighted by molar-refractivity contribution is -0.152. The van der Waals surface area contributed by atoms with Gasteiger partial charge in [0.05, 0.1) is 6.61 Å². The van der Waals surface area contributed by atoms with Crippen LogP contribution in [0, 0.1) is 0 Å². The summed E-state index contributed by atoms with van der Waals surface area (Å²) in [5.74, 6) is 3.90. The van der Waals surface area contributed by atoms with Gasteiger partial charge >= 0.3 is 6.18 Å². The standard InChI is InChI=1S/C11H10F3NO2/c12-11(13,14)10-6-8-5-7(3-4-16-15)1-2-9(8)17-10/h1-2,5-6H,3-4,15H2. The molecular weight excluding hydrogens is 235 g/mol. The SMILES string of the molecule is NOCCc1ccc2oc(C(F)(F)F)cc2c1. The van der Waals surface area contributed by atoms with Crippen LogP contribution in [0.2, 0.25) is 0 Å². The largest absolute Gasteiger partial charge is 0.452 e. The molecular formula is C11H10F3NO2. The van der Waals surface area contributed by atoms with E-state index in [1.807, 2.05) is 0 Å². The Balaban J connectivity index is 2.34. The molecule has 1 aromatic heterocycles. The van der Waals surface area contributed by atoms with E-state index in [0.29, 0.717) is 18.4 Å². The minimum atomic E-state index is -4.46. The molecule has 0 unspecified atom stereocenters. The van der Waals surface area contributed by atoms with E-state index in [-0.39, 0.29) is 5.58 Å². The molecule has 6 heteroatoms. The predicted octanol–water partition coefficient (Wildman–Crippen LogP) is 2.88. The van der Waals surface area contributed by atoms with Gasteiger partial charge in [0.2, 0.25) is 5.76 Å². The molecule has 2 rings (SSSR count). The second-order valence-electron chi connectivity index (χ2n) is 3.60. The first-order valence-electron chi connectivity index (χ1n) is 4.92. The van der Waals surface area contributed by atoms with Gasteiger partial charge in [-0.2, -0.15) is 13.2 Å². The van der Waals surface area contributed by atoms with Gasteiger partial charge in [0.1, 0.15) is 5.58 Å². The van der Waals surface area contributed by atoms with Crippen molar-refractivity contribution in [2.24, 2.45) is 5.90 Å². The van der Waals surface area contributed by atoms with E-state index in [2.05, 4.69) is 4.84 Å². The highest BCUT2D eigenvalue weighted by molar-refractivity contribution is 5.78. The lowest BCUT2D eigenvalue weighted by atomic mass is 10.1. The van der Waals surface area contributed by atoms with Gasteiger partial charge < -0.3 is 9.25 Å². The zero-order chi connectivity index (χ0) is 12.5. The molecule has 0 aliphatic carbocycles. The van der Waals surface area contributed by atoms with Crippen molar-refractivity contribution < 1.29 is 22.4 Å². The quantitative estimate of drug-likeness (QED) is 0.846. The molecule has 0 bridgehead atoms. The van der Waals surface area contributed by atoms with Crippen molar-refractivity contribution in [3.63, 3.8) is 0 Å². The average molecular weight is 245 g/mol. The van der Waals surface area contributed by atoms with E-state index < -0.39 is 11.9 Å². The van der Waals surface area contributed by atoms with Crippen molar-refractivity contribution in [3.8, 4) is 0 Å². The number of fused-ring (bicyclic) bond motifs is 1. The summed E-state index contributed by atoms with van der Waals surface area (Å²) in [6, 6.07) is 5.82. The Morgan fingerprint density at radius 2 is 2.00 bits per heavy atom. The maximum Gasteiger partial charge on any atom is 0.449 e. The smallest absolute Gasteiger partial charge is 0.449 e. The average Bonchev–Trinajstić information content (AvgIpc) is 2.68. The van der Waals surface area contributed by atoms with Crippen molar-refractivity contribution in [2.45, 2.75) is 12.6 Å². The Labute approximate surface area is 94.9 Å². The summed E-state index contributed by atoms with van der Waals surface area (Å²) < 4.78 is 41.9. The van der Waals surface area contributed by atoms with Crippen LogP contribution in [0.25, 0.3) is 11.0 Å². The Kier molecular flexibility index (Phi) is 3.08. The number of benzene rings is 1. The van der Waals surface area contributed by atoms with Crippen molar-refractivity contribution in [1.82, 2.24) is 0 Å². The van der Waals surface area contributed by atoms with E-state index in [9.17, 15) is 13.2 Å². The molecule has 2 N–H and O–H groups in total. The van der Waals surface area contributed by atoms with Crippen LogP contribution >= 0.6 is 0 Å². The summed E-state index contributed by atoms with van der Waals surface area (Å²) in [6.07, 6.45) is -3.92. The highest BCUT2D eigenvalue weighted by Gasteiger charge is 2.35. The molecule has 3 nitrogen and oxygen atoms in total. The van der Waals surface area contributed by atoms with Crippen LogP contribution in [-0.4, -0.2) is 6.61 Å². The van der Waals surface area contributed by atoms with Crippen molar-refractivity contribution in [1.29, 1.82) is 0 Å². The van der Waals surface area contributed by atoms with Crippen LogP contribution in [0.5, 0.6) is 0 Å². The number of hydrogen-bond acceptors (Lipinski definition) is 3. The second kappa shape index (κ2) is 4.38. The summed E-state index contributed by atoms with van der Waals surface area (Å²) >= 11 is 0. The highest BCUT2D eigenvalue weighted by atomic mass is 19.4. The summed E-state index contributed by atoms with van der Waals surface area (Å²) in [4.78, 5) is 4.41. The molecule has 2 aromatic rings. The minimum Gasteiger partial charge on any atom is -0.452 e. The molecule has 1 aromatic carbocycles. The molecule has 0 atom stereocenters. The fraction of sp³-hybridized carbons (Fsp3) is 0.273. The van der Waals surface area contributed by atoms with Gasteiger partial charge in [-0.25, -0.2) is 5.90 Å². The van der Waals surface area contributed by atoms with Gasteiger partial charge in [0, 0.05) is 5.39 Å². The molecule has 0 saturated carbocycles. The maximum absolute atomic E-state index is 12.4. The molecule has 0 fully saturated rings. The first kappa shape index (κ1) is 11.9. The summed E-state index contributed by atoms with van der Waals surface area (Å²) in [7, 11) is 0. The molecule has 0 aliphatic heterocycles. The maximum atomic E-state index is 12.4. The molecule has 0 saturated heterocycles. The van der Waals surface area contributed by atoms with Crippen LogP contribution in [0.3, 0.4) is 0 Å². The molecule has 1 heterocycles. The zero-order valence-electron chi connectivity index (χ0n) is 8.75.